The molecule has 2 aromatic rings. The summed E-state index contributed by atoms with van der Waals surface area (Å²) in [6.07, 6.45) is 4.78. The lowest BCUT2D eigenvalue weighted by molar-refractivity contribution is 0.138. The quantitative estimate of drug-likeness (QED) is 0.902. The third-order valence-corrected chi connectivity index (χ3v) is 4.11. The monoisotopic (exact) mass is 276 g/mol. The van der Waals surface area contributed by atoms with Gasteiger partial charge >= 0.3 is 0 Å². The summed E-state index contributed by atoms with van der Waals surface area (Å²) < 4.78 is 0. The van der Waals surface area contributed by atoms with Crippen molar-refractivity contribution in [3.8, 4) is 0 Å². The average Bonchev–Trinajstić information content (AvgIpc) is 2.81. The first kappa shape index (κ1) is 12.7. The molecule has 2 atom stereocenters. The van der Waals surface area contributed by atoms with Gasteiger partial charge < -0.3 is 10.4 Å². The molecule has 0 amide bonds. The molecule has 2 N–H and O–H groups in total. The van der Waals surface area contributed by atoms with Crippen LogP contribution in [0.2, 0.25) is 5.02 Å². The topological polar surface area (TPSA) is 45.1 Å². The maximum Gasteiger partial charge on any atom is 0.0737 e. The van der Waals surface area contributed by atoms with Gasteiger partial charge in [-0.15, -0.1) is 0 Å². The number of pyridine rings is 1. The van der Waals surface area contributed by atoms with Gasteiger partial charge in [-0.1, -0.05) is 18.0 Å². The Kier molecular flexibility index (Phi) is 3.58. The molecule has 0 radical (unpaired) electrons. The van der Waals surface area contributed by atoms with Crippen LogP contribution in [0, 0.1) is 5.92 Å². The van der Waals surface area contributed by atoms with Crippen LogP contribution in [0.5, 0.6) is 0 Å². The largest absolute Gasteiger partial charge is 0.393 e. The maximum atomic E-state index is 9.85. The van der Waals surface area contributed by atoms with Crippen molar-refractivity contribution in [3.05, 3.63) is 35.5 Å². The summed E-state index contributed by atoms with van der Waals surface area (Å²) in [5, 5.41) is 15.0. The molecule has 19 heavy (non-hydrogen) atoms. The van der Waals surface area contributed by atoms with Gasteiger partial charge in [0.05, 0.1) is 11.6 Å². The van der Waals surface area contributed by atoms with Crippen LogP contribution in [0.1, 0.15) is 19.3 Å². The van der Waals surface area contributed by atoms with Crippen LogP contribution in [-0.4, -0.2) is 22.7 Å². The minimum atomic E-state index is -0.157. The van der Waals surface area contributed by atoms with Crippen molar-refractivity contribution in [2.75, 3.05) is 11.9 Å². The fraction of sp³-hybridized carbons (Fsp3) is 0.400. The van der Waals surface area contributed by atoms with Gasteiger partial charge in [-0.2, -0.15) is 0 Å². The van der Waals surface area contributed by atoms with Crippen LogP contribution in [-0.2, 0) is 0 Å². The van der Waals surface area contributed by atoms with E-state index in [0.717, 1.165) is 42.4 Å². The first-order valence-corrected chi connectivity index (χ1v) is 7.08. The van der Waals surface area contributed by atoms with E-state index in [9.17, 15) is 5.11 Å². The lowest BCUT2D eigenvalue weighted by Crippen LogP contribution is -2.21. The number of benzene rings is 1. The molecule has 1 aliphatic carbocycles. The molecule has 0 saturated heterocycles. The predicted octanol–water partition coefficient (Wildman–Crippen LogP) is 3.46. The van der Waals surface area contributed by atoms with Gasteiger partial charge in [0.1, 0.15) is 0 Å². The lowest BCUT2D eigenvalue weighted by atomic mass is 10.1. The summed E-state index contributed by atoms with van der Waals surface area (Å²) >= 11 is 5.98. The molecule has 3 rings (SSSR count). The van der Waals surface area contributed by atoms with Gasteiger partial charge in [-0.3, -0.25) is 4.98 Å². The molecule has 0 spiro atoms. The van der Waals surface area contributed by atoms with E-state index in [2.05, 4.69) is 10.3 Å². The Bertz CT molecular complexity index is 587. The molecule has 1 aliphatic rings. The Hall–Kier alpha value is -1.32. The maximum absolute atomic E-state index is 9.85. The first-order valence-electron chi connectivity index (χ1n) is 6.70. The third kappa shape index (κ3) is 2.67. The number of anilines is 1. The van der Waals surface area contributed by atoms with Crippen LogP contribution in [0.3, 0.4) is 0 Å². The Labute approximate surface area is 117 Å². The number of aromatic nitrogens is 1. The molecule has 0 aliphatic heterocycles. The van der Waals surface area contributed by atoms with Crippen LogP contribution in [0.15, 0.2) is 30.5 Å². The van der Waals surface area contributed by atoms with E-state index in [1.807, 2.05) is 24.3 Å². The standard InChI is InChI=1S/C15H17ClN2O/c16-11-4-5-12-13(6-7-17-14(12)8-11)18-9-10-2-1-3-15(10)19/h4-8,10,15,19H,1-3,9H2,(H,17,18)/t10-,15-/m0/s1. The fourth-order valence-electron chi connectivity index (χ4n) is 2.77. The molecule has 1 saturated carbocycles. The summed E-state index contributed by atoms with van der Waals surface area (Å²) in [6.45, 7) is 0.808. The highest BCUT2D eigenvalue weighted by Crippen LogP contribution is 2.28. The molecule has 3 nitrogen and oxygen atoms in total. The molecular formula is C15H17ClN2O. The zero-order chi connectivity index (χ0) is 13.2. The van der Waals surface area contributed by atoms with Crippen LogP contribution in [0.4, 0.5) is 5.69 Å². The number of hydrogen-bond acceptors (Lipinski definition) is 3. The highest BCUT2D eigenvalue weighted by molar-refractivity contribution is 6.31. The van der Waals surface area contributed by atoms with E-state index < -0.39 is 0 Å². The predicted molar refractivity (Wildman–Crippen MR) is 78.6 cm³/mol. The summed E-state index contributed by atoms with van der Waals surface area (Å²) in [4.78, 5) is 4.32. The number of nitrogens with zero attached hydrogens (tertiary/aromatic N) is 1. The van der Waals surface area contributed by atoms with Crippen molar-refractivity contribution < 1.29 is 5.11 Å². The zero-order valence-corrected chi connectivity index (χ0v) is 11.4. The van der Waals surface area contributed by atoms with Crippen LogP contribution in [0.25, 0.3) is 10.9 Å². The minimum absolute atomic E-state index is 0.157. The number of nitrogens with one attached hydrogen (secondary N) is 1. The number of aliphatic hydroxyl groups is 1. The summed E-state index contributed by atoms with van der Waals surface area (Å²) in [5.74, 6) is 0.357. The summed E-state index contributed by atoms with van der Waals surface area (Å²) in [5.41, 5.74) is 1.95. The normalized spacial score (nSPS) is 22.8. The van der Waals surface area contributed by atoms with Crippen LogP contribution < -0.4 is 5.32 Å². The van der Waals surface area contributed by atoms with E-state index in [1.54, 1.807) is 6.20 Å². The molecule has 0 unspecified atom stereocenters. The molecule has 100 valence electrons. The van der Waals surface area contributed by atoms with Gasteiger partial charge in [0.2, 0.25) is 0 Å². The molecule has 1 heterocycles. The van der Waals surface area contributed by atoms with Crippen molar-refractivity contribution in [1.82, 2.24) is 4.98 Å². The molecule has 1 aromatic heterocycles. The Morgan fingerprint density at radius 2 is 2.21 bits per heavy atom. The van der Waals surface area contributed by atoms with E-state index in [4.69, 9.17) is 11.6 Å². The van der Waals surface area contributed by atoms with Crippen molar-refractivity contribution in [3.63, 3.8) is 0 Å². The molecule has 1 aromatic carbocycles. The minimum Gasteiger partial charge on any atom is -0.393 e. The van der Waals surface area contributed by atoms with E-state index in [0.29, 0.717) is 10.9 Å². The number of halogens is 1. The van der Waals surface area contributed by atoms with Crippen molar-refractivity contribution >= 4 is 28.2 Å². The molecule has 0 bridgehead atoms. The Morgan fingerprint density at radius 3 is 3.00 bits per heavy atom. The first-order chi connectivity index (χ1) is 9.24. The van der Waals surface area contributed by atoms with Crippen LogP contribution >= 0.6 is 11.6 Å². The number of hydrogen-bond donors (Lipinski definition) is 2. The Balaban J connectivity index is 1.81. The van der Waals surface area contributed by atoms with Gasteiger partial charge in [-0.25, -0.2) is 0 Å². The summed E-state index contributed by atoms with van der Waals surface area (Å²) in [7, 11) is 0. The van der Waals surface area contributed by atoms with E-state index in [-0.39, 0.29) is 6.10 Å². The zero-order valence-electron chi connectivity index (χ0n) is 10.6. The molecular weight excluding hydrogens is 260 g/mol. The smallest absolute Gasteiger partial charge is 0.0737 e. The van der Waals surface area contributed by atoms with Crippen molar-refractivity contribution in [1.29, 1.82) is 0 Å². The second kappa shape index (κ2) is 5.35. The molecule has 4 heteroatoms. The van der Waals surface area contributed by atoms with Gasteiger partial charge in [-0.05, 0) is 37.1 Å². The number of fused-ring (bicyclic) bond motifs is 1. The van der Waals surface area contributed by atoms with Gasteiger partial charge in [0.25, 0.3) is 0 Å². The fourth-order valence-corrected chi connectivity index (χ4v) is 2.94. The summed E-state index contributed by atoms with van der Waals surface area (Å²) in [6, 6.07) is 7.70. The lowest BCUT2D eigenvalue weighted by Gasteiger charge is -2.17. The van der Waals surface area contributed by atoms with Gasteiger partial charge in [0, 0.05) is 34.8 Å². The second-order valence-corrected chi connectivity index (χ2v) is 5.60. The van der Waals surface area contributed by atoms with Crippen molar-refractivity contribution in [2.24, 2.45) is 5.92 Å². The average molecular weight is 277 g/mol. The molecule has 1 fully saturated rings. The number of aliphatic hydroxyl groups excluding tert-OH is 1. The third-order valence-electron chi connectivity index (χ3n) is 3.88. The highest BCUT2D eigenvalue weighted by atomic mass is 35.5. The van der Waals surface area contributed by atoms with Crippen molar-refractivity contribution in [2.45, 2.75) is 25.4 Å². The Morgan fingerprint density at radius 1 is 1.32 bits per heavy atom. The highest BCUT2D eigenvalue weighted by Gasteiger charge is 2.24. The van der Waals surface area contributed by atoms with E-state index in [1.165, 1.54) is 0 Å². The van der Waals surface area contributed by atoms with Gasteiger partial charge in [0.15, 0.2) is 0 Å². The second-order valence-electron chi connectivity index (χ2n) is 5.16. The van der Waals surface area contributed by atoms with E-state index >= 15 is 0 Å². The SMILES string of the molecule is O[C@H]1CCC[C@H]1CNc1ccnc2cc(Cl)ccc12. The number of rotatable bonds is 3.